The number of amides is 1. The van der Waals surface area contributed by atoms with Crippen molar-refractivity contribution >= 4 is 27.7 Å². The van der Waals surface area contributed by atoms with Crippen molar-refractivity contribution in [3.63, 3.8) is 0 Å². The highest BCUT2D eigenvalue weighted by molar-refractivity contribution is 6.00. The van der Waals surface area contributed by atoms with Crippen LogP contribution in [0.5, 0.6) is 5.75 Å². The summed E-state index contributed by atoms with van der Waals surface area (Å²) < 4.78 is 8.18. The Balaban J connectivity index is 1.36. The summed E-state index contributed by atoms with van der Waals surface area (Å²) in [5, 5.41) is 5.36. The number of benzene rings is 2. The lowest BCUT2D eigenvalue weighted by Crippen LogP contribution is -2.32. The molecule has 1 aliphatic rings. The first kappa shape index (κ1) is 16.9. The molecule has 0 spiro atoms. The van der Waals surface area contributed by atoms with Gasteiger partial charge in [-0.1, -0.05) is 37.3 Å². The summed E-state index contributed by atoms with van der Waals surface area (Å²) in [6.45, 7) is 3.42. The van der Waals surface area contributed by atoms with Gasteiger partial charge in [0.05, 0.1) is 12.1 Å². The summed E-state index contributed by atoms with van der Waals surface area (Å²) >= 11 is 0. The van der Waals surface area contributed by atoms with Crippen molar-refractivity contribution in [3.8, 4) is 5.75 Å². The zero-order valence-corrected chi connectivity index (χ0v) is 15.9. The van der Waals surface area contributed by atoms with Crippen molar-refractivity contribution < 1.29 is 9.53 Å². The first-order valence-electron chi connectivity index (χ1n) is 9.86. The number of fused-ring (bicyclic) bond motifs is 1. The lowest BCUT2D eigenvalue weighted by Gasteiger charge is -2.26. The van der Waals surface area contributed by atoms with Gasteiger partial charge in [-0.15, -0.1) is 0 Å². The molecule has 28 heavy (non-hydrogen) atoms. The first-order valence-corrected chi connectivity index (χ1v) is 9.86. The fraction of sp³-hybridized carbons (Fsp3) is 0.261. The summed E-state index contributed by atoms with van der Waals surface area (Å²) in [5.74, 6) is 0.840. The van der Waals surface area contributed by atoms with Crippen molar-refractivity contribution in [2.24, 2.45) is 0 Å². The molecule has 1 amide bonds. The number of aromatic nitrogens is 2. The number of ether oxygens (including phenoxy) is 1. The van der Waals surface area contributed by atoms with Crippen LogP contribution < -0.4 is 10.1 Å². The Bertz CT molecular complexity index is 1170. The molecule has 5 nitrogen and oxygen atoms in total. The first-order chi connectivity index (χ1) is 13.7. The van der Waals surface area contributed by atoms with Crippen molar-refractivity contribution in [3.05, 3.63) is 66.0 Å². The van der Waals surface area contributed by atoms with Gasteiger partial charge in [-0.25, -0.2) is 0 Å². The smallest absolute Gasteiger partial charge is 0.267 e. The lowest BCUT2D eigenvalue weighted by molar-refractivity contribution is 0.0938. The van der Waals surface area contributed by atoms with Crippen LogP contribution >= 0.6 is 0 Å². The van der Waals surface area contributed by atoms with E-state index in [1.165, 1.54) is 10.9 Å². The van der Waals surface area contributed by atoms with E-state index < -0.39 is 0 Å². The van der Waals surface area contributed by atoms with Crippen molar-refractivity contribution in [1.82, 2.24) is 14.9 Å². The molecular weight excluding hydrogens is 350 g/mol. The maximum Gasteiger partial charge on any atom is 0.267 e. The Labute approximate surface area is 163 Å². The van der Waals surface area contributed by atoms with Gasteiger partial charge in [0.2, 0.25) is 0 Å². The number of aromatic amines is 1. The van der Waals surface area contributed by atoms with Crippen molar-refractivity contribution in [1.29, 1.82) is 0 Å². The maximum absolute atomic E-state index is 12.9. The monoisotopic (exact) mass is 373 g/mol. The van der Waals surface area contributed by atoms with Gasteiger partial charge in [-0.3, -0.25) is 4.79 Å². The largest absolute Gasteiger partial charge is 0.486 e. The van der Waals surface area contributed by atoms with Gasteiger partial charge in [0, 0.05) is 29.0 Å². The molecule has 1 atom stereocenters. The van der Waals surface area contributed by atoms with Crippen molar-refractivity contribution in [2.45, 2.75) is 32.4 Å². The van der Waals surface area contributed by atoms with Gasteiger partial charge < -0.3 is 19.6 Å². The topological polar surface area (TPSA) is 59.0 Å². The minimum absolute atomic E-state index is 0.0289. The zero-order chi connectivity index (χ0) is 19.1. The molecule has 2 N–H and O–H groups in total. The molecule has 142 valence electrons. The van der Waals surface area contributed by atoms with Crippen LogP contribution in [-0.4, -0.2) is 28.1 Å². The number of carbonyl (C=O) groups excluding carboxylic acids is 1. The minimum Gasteiger partial charge on any atom is -0.486 e. The highest BCUT2D eigenvalue weighted by atomic mass is 16.5. The maximum atomic E-state index is 12.9. The summed E-state index contributed by atoms with van der Waals surface area (Å²) in [6, 6.07) is 16.2. The van der Waals surface area contributed by atoms with Crippen LogP contribution in [0.15, 0.2) is 54.7 Å². The summed E-state index contributed by atoms with van der Waals surface area (Å²) in [5.41, 5.74) is 4.08. The van der Waals surface area contributed by atoms with E-state index in [0.717, 1.165) is 35.0 Å². The van der Waals surface area contributed by atoms with E-state index in [9.17, 15) is 4.79 Å². The van der Waals surface area contributed by atoms with E-state index in [2.05, 4.69) is 33.9 Å². The standard InChI is InChI=1S/C23H23N3O2/c1-2-17-14-26-20(12-15-6-5-9-21(28-17)22(15)26)23(27)24-11-10-16-13-25-19-8-4-3-7-18(16)19/h3-9,12-13,17,25H,2,10-11,14H2,1H3,(H,24,27)/t17-/m1/s1. The minimum atomic E-state index is -0.0289. The molecule has 2 aromatic carbocycles. The summed E-state index contributed by atoms with van der Waals surface area (Å²) in [7, 11) is 0. The third-order valence-electron chi connectivity index (χ3n) is 5.61. The third kappa shape index (κ3) is 2.74. The van der Waals surface area contributed by atoms with Crippen LogP contribution in [0.4, 0.5) is 0 Å². The van der Waals surface area contributed by atoms with Gasteiger partial charge in [0.25, 0.3) is 5.91 Å². The average Bonchev–Trinajstić information content (AvgIpc) is 3.31. The summed E-state index contributed by atoms with van der Waals surface area (Å²) in [6.07, 6.45) is 3.84. The Kier molecular flexibility index (Phi) is 4.08. The second-order valence-corrected chi connectivity index (χ2v) is 7.35. The highest BCUT2D eigenvalue weighted by Gasteiger charge is 2.25. The quantitative estimate of drug-likeness (QED) is 0.549. The summed E-state index contributed by atoms with van der Waals surface area (Å²) in [4.78, 5) is 16.2. The van der Waals surface area contributed by atoms with Crippen LogP contribution in [0.2, 0.25) is 0 Å². The lowest BCUT2D eigenvalue weighted by atomic mass is 10.1. The van der Waals surface area contributed by atoms with Gasteiger partial charge in [-0.2, -0.15) is 0 Å². The van der Waals surface area contributed by atoms with Gasteiger partial charge in [0.1, 0.15) is 17.5 Å². The zero-order valence-electron chi connectivity index (χ0n) is 15.9. The second kappa shape index (κ2) is 6.75. The molecule has 0 unspecified atom stereocenters. The van der Waals surface area contributed by atoms with E-state index in [-0.39, 0.29) is 12.0 Å². The number of para-hydroxylation sites is 2. The van der Waals surface area contributed by atoms with Crippen molar-refractivity contribution in [2.75, 3.05) is 6.54 Å². The molecule has 5 rings (SSSR count). The van der Waals surface area contributed by atoms with Gasteiger partial charge in [0.15, 0.2) is 0 Å². The molecule has 0 fully saturated rings. The Morgan fingerprint density at radius 1 is 1.25 bits per heavy atom. The van der Waals surface area contributed by atoms with E-state index in [1.54, 1.807) is 0 Å². The van der Waals surface area contributed by atoms with Crippen LogP contribution in [-0.2, 0) is 13.0 Å². The fourth-order valence-corrected chi connectivity index (χ4v) is 4.14. The van der Waals surface area contributed by atoms with E-state index in [1.807, 2.05) is 42.6 Å². The second-order valence-electron chi connectivity index (χ2n) is 7.35. The fourth-order valence-electron chi connectivity index (χ4n) is 4.14. The molecule has 0 bridgehead atoms. The molecule has 4 aromatic rings. The van der Waals surface area contributed by atoms with E-state index >= 15 is 0 Å². The molecule has 3 heterocycles. The van der Waals surface area contributed by atoms with Crippen LogP contribution in [0.3, 0.4) is 0 Å². The molecule has 0 aliphatic carbocycles. The number of hydrogen-bond acceptors (Lipinski definition) is 2. The molecule has 0 saturated carbocycles. The number of hydrogen-bond donors (Lipinski definition) is 2. The number of H-pyrrole nitrogens is 1. The highest BCUT2D eigenvalue weighted by Crippen LogP contribution is 2.34. The van der Waals surface area contributed by atoms with Crippen LogP contribution in [0.25, 0.3) is 21.8 Å². The molecular formula is C23H23N3O2. The predicted octanol–water partition coefficient (Wildman–Crippen LogP) is 4.27. The molecule has 2 aromatic heterocycles. The number of carbonyl (C=O) groups is 1. The Morgan fingerprint density at radius 2 is 2.14 bits per heavy atom. The molecule has 0 radical (unpaired) electrons. The van der Waals surface area contributed by atoms with E-state index in [0.29, 0.717) is 18.8 Å². The molecule has 1 aliphatic heterocycles. The van der Waals surface area contributed by atoms with Gasteiger partial charge in [-0.05, 0) is 36.6 Å². The number of nitrogens with one attached hydrogen (secondary N) is 2. The number of nitrogens with zero attached hydrogens (tertiary/aromatic N) is 1. The van der Waals surface area contributed by atoms with Crippen LogP contribution in [0, 0.1) is 0 Å². The number of rotatable bonds is 5. The molecule has 5 heteroatoms. The molecule has 0 saturated heterocycles. The van der Waals surface area contributed by atoms with Crippen LogP contribution in [0.1, 0.15) is 29.4 Å². The predicted molar refractivity (Wildman–Crippen MR) is 111 cm³/mol. The Hall–Kier alpha value is -3.21. The third-order valence-corrected chi connectivity index (χ3v) is 5.61. The van der Waals surface area contributed by atoms with E-state index in [4.69, 9.17) is 4.74 Å². The SMILES string of the molecule is CC[C@@H]1Cn2c(C(=O)NCCc3c[nH]c4ccccc34)cc3cccc(c32)O1. The Morgan fingerprint density at radius 3 is 3.04 bits per heavy atom. The normalized spacial score (nSPS) is 15.7. The van der Waals surface area contributed by atoms with Gasteiger partial charge >= 0.3 is 0 Å². The average molecular weight is 373 g/mol.